The van der Waals surface area contributed by atoms with Crippen molar-refractivity contribution >= 4 is 39.3 Å². The zero-order valence-electron chi connectivity index (χ0n) is 15.1. The summed E-state index contributed by atoms with van der Waals surface area (Å²) >= 11 is 9.43. The first-order chi connectivity index (χ1) is 12.8. The fourth-order valence-electron chi connectivity index (χ4n) is 2.65. The summed E-state index contributed by atoms with van der Waals surface area (Å²) in [5, 5.41) is 2.91. The van der Waals surface area contributed by atoms with Crippen LogP contribution in [0.4, 0.5) is 4.39 Å². The lowest BCUT2D eigenvalue weighted by atomic mass is 10.1. The number of nitrogens with zero attached hydrogens (tertiary/aromatic N) is 1. The van der Waals surface area contributed by atoms with E-state index >= 15 is 0 Å². The van der Waals surface area contributed by atoms with Crippen LogP contribution in [0.25, 0.3) is 0 Å². The van der Waals surface area contributed by atoms with Crippen LogP contribution in [-0.4, -0.2) is 29.3 Å². The van der Waals surface area contributed by atoms with Crippen LogP contribution in [0, 0.1) is 5.82 Å². The molecule has 0 aliphatic heterocycles. The highest BCUT2D eigenvalue weighted by atomic mass is 79.9. The van der Waals surface area contributed by atoms with E-state index in [2.05, 4.69) is 21.2 Å². The Bertz CT molecular complexity index is 794. The lowest BCUT2D eigenvalue weighted by Gasteiger charge is -2.29. The van der Waals surface area contributed by atoms with Gasteiger partial charge in [0.1, 0.15) is 11.9 Å². The molecule has 0 aliphatic rings. The molecule has 2 aromatic rings. The van der Waals surface area contributed by atoms with Gasteiger partial charge in [0.05, 0.1) is 6.42 Å². The highest BCUT2D eigenvalue weighted by Gasteiger charge is 2.27. The van der Waals surface area contributed by atoms with Gasteiger partial charge in [-0.05, 0) is 43.7 Å². The van der Waals surface area contributed by atoms with Crippen LogP contribution in [0.2, 0.25) is 5.02 Å². The monoisotopic (exact) mass is 454 g/mol. The first kappa shape index (κ1) is 21.4. The van der Waals surface area contributed by atoms with E-state index in [9.17, 15) is 14.0 Å². The number of amides is 2. The zero-order chi connectivity index (χ0) is 20.0. The zero-order valence-corrected chi connectivity index (χ0v) is 17.5. The highest BCUT2D eigenvalue weighted by Crippen LogP contribution is 2.21. The number of hydrogen-bond donors (Lipinski definition) is 1. The Morgan fingerprint density at radius 2 is 1.89 bits per heavy atom. The van der Waals surface area contributed by atoms with E-state index in [1.54, 1.807) is 13.0 Å². The molecule has 0 radical (unpaired) electrons. The van der Waals surface area contributed by atoms with Crippen molar-refractivity contribution in [2.45, 2.75) is 32.9 Å². The summed E-state index contributed by atoms with van der Waals surface area (Å²) < 4.78 is 15.0. The van der Waals surface area contributed by atoms with E-state index in [-0.39, 0.29) is 35.4 Å². The minimum absolute atomic E-state index is 0.132. The molecule has 0 bridgehead atoms. The summed E-state index contributed by atoms with van der Waals surface area (Å²) in [6, 6.07) is 11.1. The maximum atomic E-state index is 14.1. The molecule has 27 heavy (non-hydrogen) atoms. The normalized spacial score (nSPS) is 11.7. The number of halogens is 3. The molecule has 2 amide bonds. The Labute approximate surface area is 171 Å². The molecule has 144 valence electrons. The van der Waals surface area contributed by atoms with Crippen molar-refractivity contribution in [3.63, 3.8) is 0 Å². The van der Waals surface area contributed by atoms with Gasteiger partial charge in [0.25, 0.3) is 0 Å². The molecule has 1 N–H and O–H groups in total. The molecule has 2 rings (SSSR count). The first-order valence-corrected chi connectivity index (χ1v) is 9.75. The lowest BCUT2D eigenvalue weighted by Crippen LogP contribution is -2.48. The molecule has 0 saturated heterocycles. The van der Waals surface area contributed by atoms with E-state index in [0.717, 1.165) is 10.0 Å². The van der Waals surface area contributed by atoms with E-state index < -0.39 is 11.9 Å². The molecule has 0 fully saturated rings. The van der Waals surface area contributed by atoms with Crippen LogP contribution in [0.3, 0.4) is 0 Å². The van der Waals surface area contributed by atoms with Crippen molar-refractivity contribution in [3.8, 4) is 0 Å². The number of hydrogen-bond acceptors (Lipinski definition) is 2. The van der Waals surface area contributed by atoms with Crippen molar-refractivity contribution in [1.29, 1.82) is 0 Å². The molecule has 4 nitrogen and oxygen atoms in total. The van der Waals surface area contributed by atoms with Crippen molar-refractivity contribution in [1.82, 2.24) is 10.2 Å². The number of carbonyl (C=O) groups is 2. The molecule has 0 aromatic heterocycles. The molecular weight excluding hydrogens is 435 g/mol. The van der Waals surface area contributed by atoms with Gasteiger partial charge in [-0.2, -0.15) is 0 Å². The van der Waals surface area contributed by atoms with Gasteiger partial charge in [-0.15, -0.1) is 0 Å². The third kappa shape index (κ3) is 5.78. The molecule has 0 aliphatic carbocycles. The summed E-state index contributed by atoms with van der Waals surface area (Å²) in [7, 11) is 0. The van der Waals surface area contributed by atoms with Gasteiger partial charge in [0, 0.05) is 28.1 Å². The topological polar surface area (TPSA) is 49.4 Å². The van der Waals surface area contributed by atoms with Gasteiger partial charge in [-0.3, -0.25) is 9.59 Å². The molecule has 0 heterocycles. The van der Waals surface area contributed by atoms with Crippen molar-refractivity contribution < 1.29 is 14.0 Å². The standard InChI is InChI=1S/C20H21BrClFN2O2/c1-3-24-20(27)13(2)25(12-14-7-9-15(21)10-8-14)19(26)11-16-17(22)5-4-6-18(16)23/h4-10,13H,3,11-12H2,1-2H3,(H,24,27). The number of likely N-dealkylation sites (N-methyl/N-ethyl adjacent to an activating group) is 1. The van der Waals surface area contributed by atoms with Gasteiger partial charge in [-0.25, -0.2) is 4.39 Å². The Morgan fingerprint density at radius 1 is 1.22 bits per heavy atom. The average Bonchev–Trinajstić information content (AvgIpc) is 2.64. The average molecular weight is 456 g/mol. The molecule has 7 heteroatoms. The van der Waals surface area contributed by atoms with Crippen LogP contribution >= 0.6 is 27.5 Å². The largest absolute Gasteiger partial charge is 0.355 e. The van der Waals surface area contributed by atoms with Crippen LogP contribution in [0.15, 0.2) is 46.9 Å². The lowest BCUT2D eigenvalue weighted by molar-refractivity contribution is -0.140. The molecule has 1 atom stereocenters. The number of nitrogens with one attached hydrogen (secondary N) is 1. The number of benzene rings is 2. The van der Waals surface area contributed by atoms with Crippen LogP contribution in [0.1, 0.15) is 25.0 Å². The van der Waals surface area contributed by atoms with Gasteiger partial charge < -0.3 is 10.2 Å². The predicted octanol–water partition coefficient (Wildman–Crippen LogP) is 4.34. The van der Waals surface area contributed by atoms with E-state index in [1.165, 1.54) is 17.0 Å². The molecule has 0 spiro atoms. The maximum absolute atomic E-state index is 14.1. The first-order valence-electron chi connectivity index (χ1n) is 8.58. The van der Waals surface area contributed by atoms with Gasteiger partial charge in [0.2, 0.25) is 11.8 Å². The van der Waals surface area contributed by atoms with E-state index in [1.807, 2.05) is 31.2 Å². The predicted molar refractivity (Wildman–Crippen MR) is 108 cm³/mol. The fraction of sp³-hybridized carbons (Fsp3) is 0.300. The quantitative estimate of drug-likeness (QED) is 0.675. The van der Waals surface area contributed by atoms with Crippen molar-refractivity contribution in [3.05, 3.63) is 68.9 Å². The number of carbonyl (C=O) groups excluding carboxylic acids is 2. The maximum Gasteiger partial charge on any atom is 0.242 e. The van der Waals surface area contributed by atoms with Gasteiger partial charge >= 0.3 is 0 Å². The third-order valence-electron chi connectivity index (χ3n) is 4.17. The summed E-state index contributed by atoms with van der Waals surface area (Å²) in [5.74, 6) is -1.17. The Balaban J connectivity index is 2.28. The second kappa shape index (κ2) is 9.85. The van der Waals surface area contributed by atoms with Crippen LogP contribution in [-0.2, 0) is 22.6 Å². The van der Waals surface area contributed by atoms with Gasteiger partial charge in [-0.1, -0.05) is 45.7 Å². The summed E-state index contributed by atoms with van der Waals surface area (Å²) in [6.45, 7) is 4.16. The van der Waals surface area contributed by atoms with Gasteiger partial charge in [0.15, 0.2) is 0 Å². The second-order valence-electron chi connectivity index (χ2n) is 6.10. The minimum atomic E-state index is -0.702. The highest BCUT2D eigenvalue weighted by molar-refractivity contribution is 9.10. The smallest absolute Gasteiger partial charge is 0.242 e. The third-order valence-corrected chi connectivity index (χ3v) is 5.06. The molecule has 1 unspecified atom stereocenters. The van der Waals surface area contributed by atoms with Crippen LogP contribution < -0.4 is 5.32 Å². The number of rotatable bonds is 7. The molecule has 2 aromatic carbocycles. The van der Waals surface area contributed by atoms with E-state index in [4.69, 9.17) is 11.6 Å². The Morgan fingerprint density at radius 3 is 2.48 bits per heavy atom. The summed E-state index contributed by atoms with van der Waals surface area (Å²) in [5.41, 5.74) is 0.996. The Kier molecular flexibility index (Phi) is 7.80. The van der Waals surface area contributed by atoms with E-state index in [0.29, 0.717) is 6.54 Å². The Hall–Kier alpha value is -1.92. The minimum Gasteiger partial charge on any atom is -0.355 e. The molecule has 0 saturated carbocycles. The van der Waals surface area contributed by atoms with Crippen molar-refractivity contribution in [2.24, 2.45) is 0 Å². The second-order valence-corrected chi connectivity index (χ2v) is 7.42. The molecular formula is C20H21BrClFN2O2. The fourth-order valence-corrected chi connectivity index (χ4v) is 3.14. The SMILES string of the molecule is CCNC(=O)C(C)N(Cc1ccc(Br)cc1)C(=O)Cc1c(F)cccc1Cl. The summed E-state index contributed by atoms with van der Waals surface area (Å²) in [4.78, 5) is 26.7. The van der Waals surface area contributed by atoms with Crippen molar-refractivity contribution in [2.75, 3.05) is 6.54 Å². The van der Waals surface area contributed by atoms with Crippen LogP contribution in [0.5, 0.6) is 0 Å². The summed E-state index contributed by atoms with van der Waals surface area (Å²) in [6.07, 6.45) is -0.216.